The molecule has 0 saturated carbocycles. The lowest BCUT2D eigenvalue weighted by molar-refractivity contribution is -0.137. The van der Waals surface area contributed by atoms with Crippen LogP contribution in [-0.2, 0) is 9.59 Å². The van der Waals surface area contributed by atoms with Crippen molar-refractivity contribution < 1.29 is 19.8 Å². The van der Waals surface area contributed by atoms with E-state index in [0.717, 1.165) is 51.4 Å². The highest BCUT2D eigenvalue weighted by molar-refractivity contribution is 5.89. The van der Waals surface area contributed by atoms with Crippen LogP contribution in [0, 0.1) is 0 Å². The van der Waals surface area contributed by atoms with Gasteiger partial charge in [-0.25, -0.2) is 4.79 Å². The lowest BCUT2D eigenvalue weighted by atomic mass is 10.1. The molecule has 2 N–H and O–H groups in total. The Morgan fingerprint density at radius 1 is 0.850 bits per heavy atom. The Bertz CT molecular complexity index is 331. The van der Waals surface area contributed by atoms with Crippen LogP contribution in [0.15, 0.2) is 24.3 Å². The molecule has 114 valence electrons. The summed E-state index contributed by atoms with van der Waals surface area (Å²) in [5.41, 5.74) is 0.281. The predicted octanol–water partition coefficient (Wildman–Crippen LogP) is 4.17. The molecular formula is C16H26O4. The minimum Gasteiger partial charge on any atom is -0.481 e. The van der Waals surface area contributed by atoms with Gasteiger partial charge in [0, 0.05) is 6.42 Å². The molecule has 0 heterocycles. The molecule has 0 radical (unpaired) electrons. The summed E-state index contributed by atoms with van der Waals surface area (Å²) in [5.74, 6) is -1.63. The predicted molar refractivity (Wildman–Crippen MR) is 79.7 cm³/mol. The standard InChI is InChI=1S/C16H26O4/c1-2-14(16(19)20)12-10-8-6-4-3-5-7-9-11-13-15(17)18/h2,12H,1,3-11,13H2,(H,17,18)(H,19,20)/b14-12+. The van der Waals surface area contributed by atoms with E-state index in [0.29, 0.717) is 0 Å². The SMILES string of the molecule is C=C/C(=C\CCCCCCCCCCC(=O)O)C(=O)O. The Kier molecular flexibility index (Phi) is 11.5. The monoisotopic (exact) mass is 282 g/mol. The smallest absolute Gasteiger partial charge is 0.335 e. The highest BCUT2D eigenvalue weighted by Gasteiger charge is 2.00. The molecule has 0 atom stereocenters. The summed E-state index contributed by atoms with van der Waals surface area (Å²) in [6.45, 7) is 3.47. The fourth-order valence-corrected chi connectivity index (χ4v) is 2.00. The zero-order valence-electron chi connectivity index (χ0n) is 12.1. The highest BCUT2D eigenvalue weighted by Crippen LogP contribution is 2.11. The van der Waals surface area contributed by atoms with Crippen molar-refractivity contribution in [1.82, 2.24) is 0 Å². The van der Waals surface area contributed by atoms with Gasteiger partial charge in [0.15, 0.2) is 0 Å². The Morgan fingerprint density at radius 3 is 1.80 bits per heavy atom. The molecule has 0 aromatic rings. The van der Waals surface area contributed by atoms with E-state index >= 15 is 0 Å². The molecule has 0 amide bonds. The lowest BCUT2D eigenvalue weighted by Crippen LogP contribution is -1.96. The van der Waals surface area contributed by atoms with Gasteiger partial charge >= 0.3 is 11.9 Å². The molecule has 0 saturated heterocycles. The second-order valence-corrected chi connectivity index (χ2v) is 4.93. The molecular weight excluding hydrogens is 256 g/mol. The lowest BCUT2D eigenvalue weighted by Gasteiger charge is -2.01. The third kappa shape index (κ3) is 11.5. The quantitative estimate of drug-likeness (QED) is 0.302. The first-order valence-corrected chi connectivity index (χ1v) is 7.35. The zero-order valence-corrected chi connectivity index (χ0v) is 12.1. The number of rotatable bonds is 13. The van der Waals surface area contributed by atoms with Gasteiger partial charge in [-0.3, -0.25) is 4.79 Å². The topological polar surface area (TPSA) is 74.6 Å². The van der Waals surface area contributed by atoms with Gasteiger partial charge in [-0.2, -0.15) is 0 Å². The second-order valence-electron chi connectivity index (χ2n) is 4.93. The van der Waals surface area contributed by atoms with Crippen LogP contribution in [-0.4, -0.2) is 22.2 Å². The first-order valence-electron chi connectivity index (χ1n) is 7.35. The molecule has 0 fully saturated rings. The number of hydrogen-bond acceptors (Lipinski definition) is 2. The summed E-state index contributed by atoms with van der Waals surface area (Å²) in [7, 11) is 0. The van der Waals surface area contributed by atoms with Crippen molar-refractivity contribution in [2.24, 2.45) is 0 Å². The van der Waals surface area contributed by atoms with Crippen molar-refractivity contribution >= 4 is 11.9 Å². The van der Waals surface area contributed by atoms with E-state index in [1.165, 1.54) is 12.5 Å². The van der Waals surface area contributed by atoms with E-state index in [4.69, 9.17) is 10.2 Å². The minimum absolute atomic E-state index is 0.279. The molecule has 0 aliphatic rings. The van der Waals surface area contributed by atoms with Crippen LogP contribution in [0.4, 0.5) is 0 Å². The highest BCUT2D eigenvalue weighted by atomic mass is 16.4. The van der Waals surface area contributed by atoms with Crippen molar-refractivity contribution in [2.75, 3.05) is 0 Å². The van der Waals surface area contributed by atoms with Crippen LogP contribution < -0.4 is 0 Å². The summed E-state index contributed by atoms with van der Waals surface area (Å²) in [5, 5.41) is 17.3. The van der Waals surface area contributed by atoms with E-state index in [9.17, 15) is 9.59 Å². The third-order valence-electron chi connectivity index (χ3n) is 3.18. The van der Waals surface area contributed by atoms with Crippen molar-refractivity contribution in [3.05, 3.63) is 24.3 Å². The van der Waals surface area contributed by atoms with E-state index in [-0.39, 0.29) is 12.0 Å². The molecule has 0 bridgehead atoms. The average molecular weight is 282 g/mol. The zero-order chi connectivity index (χ0) is 15.2. The molecule has 0 aromatic heterocycles. The summed E-state index contributed by atoms with van der Waals surface area (Å²) in [6.07, 6.45) is 12.6. The van der Waals surface area contributed by atoms with Crippen LogP contribution >= 0.6 is 0 Å². The Morgan fingerprint density at radius 2 is 1.35 bits per heavy atom. The van der Waals surface area contributed by atoms with E-state index < -0.39 is 11.9 Å². The number of hydrogen-bond donors (Lipinski definition) is 2. The summed E-state index contributed by atoms with van der Waals surface area (Å²) < 4.78 is 0. The van der Waals surface area contributed by atoms with Gasteiger partial charge < -0.3 is 10.2 Å². The summed E-state index contributed by atoms with van der Waals surface area (Å²) in [4.78, 5) is 21.0. The van der Waals surface area contributed by atoms with Crippen LogP contribution in [0.5, 0.6) is 0 Å². The second kappa shape index (κ2) is 12.5. The van der Waals surface area contributed by atoms with E-state index in [1.54, 1.807) is 6.08 Å². The molecule has 4 nitrogen and oxygen atoms in total. The molecule has 0 rings (SSSR count). The van der Waals surface area contributed by atoms with Gasteiger partial charge in [0.25, 0.3) is 0 Å². The third-order valence-corrected chi connectivity index (χ3v) is 3.18. The number of allylic oxidation sites excluding steroid dienone is 1. The van der Waals surface area contributed by atoms with Gasteiger partial charge in [0.1, 0.15) is 0 Å². The number of carbonyl (C=O) groups is 2. The number of aliphatic carboxylic acids is 2. The van der Waals surface area contributed by atoms with Gasteiger partial charge in [-0.1, -0.05) is 57.3 Å². The Balaban J connectivity index is 3.35. The molecule has 0 unspecified atom stereocenters. The number of carboxylic acid groups (broad SMARTS) is 2. The first-order chi connectivity index (χ1) is 9.57. The van der Waals surface area contributed by atoms with Crippen LogP contribution in [0.1, 0.15) is 64.2 Å². The van der Waals surface area contributed by atoms with Gasteiger partial charge in [0.2, 0.25) is 0 Å². The molecule has 0 aromatic carbocycles. The molecule has 0 spiro atoms. The number of unbranched alkanes of at least 4 members (excludes halogenated alkanes) is 8. The van der Waals surface area contributed by atoms with E-state index in [1.807, 2.05) is 0 Å². The fraction of sp³-hybridized carbons (Fsp3) is 0.625. The first kappa shape index (κ1) is 18.4. The Labute approximate surface area is 121 Å². The maximum absolute atomic E-state index is 10.7. The normalized spacial score (nSPS) is 11.3. The maximum Gasteiger partial charge on any atom is 0.335 e. The van der Waals surface area contributed by atoms with Crippen molar-refractivity contribution in [3.63, 3.8) is 0 Å². The van der Waals surface area contributed by atoms with Gasteiger partial charge in [-0.05, 0) is 19.3 Å². The fourth-order valence-electron chi connectivity index (χ4n) is 2.00. The molecule has 20 heavy (non-hydrogen) atoms. The van der Waals surface area contributed by atoms with Crippen molar-refractivity contribution in [3.8, 4) is 0 Å². The van der Waals surface area contributed by atoms with Crippen LogP contribution in [0.3, 0.4) is 0 Å². The summed E-state index contributed by atoms with van der Waals surface area (Å²) in [6, 6.07) is 0. The average Bonchev–Trinajstić information content (AvgIpc) is 2.39. The van der Waals surface area contributed by atoms with Crippen molar-refractivity contribution in [2.45, 2.75) is 64.2 Å². The van der Waals surface area contributed by atoms with Crippen LogP contribution in [0.25, 0.3) is 0 Å². The summed E-state index contributed by atoms with van der Waals surface area (Å²) >= 11 is 0. The largest absolute Gasteiger partial charge is 0.481 e. The maximum atomic E-state index is 10.7. The molecule has 4 heteroatoms. The minimum atomic E-state index is -0.915. The van der Waals surface area contributed by atoms with Gasteiger partial charge in [-0.15, -0.1) is 0 Å². The number of carboxylic acids is 2. The Hall–Kier alpha value is -1.58. The molecule has 0 aliphatic heterocycles. The molecule has 0 aliphatic carbocycles. The van der Waals surface area contributed by atoms with Crippen molar-refractivity contribution in [1.29, 1.82) is 0 Å². The van der Waals surface area contributed by atoms with E-state index in [2.05, 4.69) is 6.58 Å². The van der Waals surface area contributed by atoms with Crippen LogP contribution in [0.2, 0.25) is 0 Å². The van der Waals surface area contributed by atoms with Gasteiger partial charge in [0.05, 0.1) is 5.57 Å².